The van der Waals surface area contributed by atoms with E-state index in [1.165, 1.54) is 30.6 Å². The molecule has 0 saturated carbocycles. The zero-order valence-electron chi connectivity index (χ0n) is 18.9. The molecular weight excluding hydrogens is 496 g/mol. The van der Waals surface area contributed by atoms with Crippen LogP contribution in [0.25, 0.3) is 22.5 Å². The Hall–Kier alpha value is -3.83. The summed E-state index contributed by atoms with van der Waals surface area (Å²) in [5.74, 6) is -0.334. The SMILES string of the molecule is CN(Cc1ccc(-c2nccnc2-c2cccc(S(N)(=O)=O)c2C(F)(F)F)cc1)c1ccc(F)cc1. The van der Waals surface area contributed by atoms with Crippen LogP contribution < -0.4 is 10.0 Å². The van der Waals surface area contributed by atoms with Crippen LogP contribution in [0.15, 0.2) is 84.0 Å². The molecule has 0 fully saturated rings. The molecule has 1 aromatic heterocycles. The van der Waals surface area contributed by atoms with Crippen molar-refractivity contribution in [2.45, 2.75) is 17.6 Å². The summed E-state index contributed by atoms with van der Waals surface area (Å²) in [4.78, 5) is 9.21. The minimum Gasteiger partial charge on any atom is -0.370 e. The van der Waals surface area contributed by atoms with E-state index in [1.54, 1.807) is 36.4 Å². The number of sulfonamides is 1. The summed E-state index contributed by atoms with van der Waals surface area (Å²) < 4.78 is 79.0. The predicted molar refractivity (Wildman–Crippen MR) is 128 cm³/mol. The molecule has 2 N–H and O–H groups in total. The third kappa shape index (κ3) is 5.37. The van der Waals surface area contributed by atoms with E-state index in [1.807, 2.05) is 11.9 Å². The first-order valence-corrected chi connectivity index (χ1v) is 12.1. The van der Waals surface area contributed by atoms with Gasteiger partial charge in [0.2, 0.25) is 10.0 Å². The lowest BCUT2D eigenvalue weighted by Gasteiger charge is -2.20. The summed E-state index contributed by atoms with van der Waals surface area (Å²) in [5.41, 5.74) is 0.360. The van der Waals surface area contributed by atoms with Crippen LogP contribution in [0.1, 0.15) is 11.1 Å². The number of hydrogen-bond acceptors (Lipinski definition) is 5. The Morgan fingerprint density at radius 3 is 2.08 bits per heavy atom. The maximum atomic E-state index is 14.0. The van der Waals surface area contributed by atoms with Crippen molar-refractivity contribution in [2.75, 3.05) is 11.9 Å². The fraction of sp³-hybridized carbons (Fsp3) is 0.120. The Bertz CT molecular complexity index is 1490. The Morgan fingerprint density at radius 1 is 0.889 bits per heavy atom. The van der Waals surface area contributed by atoms with Gasteiger partial charge in [-0.15, -0.1) is 0 Å². The highest BCUT2D eigenvalue weighted by Crippen LogP contribution is 2.42. The average Bonchev–Trinajstić information content (AvgIpc) is 2.83. The molecule has 11 heteroatoms. The summed E-state index contributed by atoms with van der Waals surface area (Å²) in [7, 11) is -2.81. The first-order valence-electron chi connectivity index (χ1n) is 10.6. The topological polar surface area (TPSA) is 89.2 Å². The van der Waals surface area contributed by atoms with Gasteiger partial charge in [0.1, 0.15) is 5.82 Å². The second-order valence-electron chi connectivity index (χ2n) is 8.00. The number of primary sulfonamides is 1. The first-order chi connectivity index (χ1) is 16.9. The third-order valence-corrected chi connectivity index (χ3v) is 6.44. The standard InChI is InChI=1S/C25H20F4N4O2S/c1-33(19-11-9-18(26)10-12-19)15-16-5-7-17(8-6-16)23-24(32-14-13-31-23)20-3-2-4-21(36(30,34)35)22(20)25(27,28)29/h2-14H,15H2,1H3,(H2,30,34,35). The molecule has 4 rings (SSSR count). The molecule has 0 radical (unpaired) electrons. The van der Waals surface area contributed by atoms with Crippen LogP contribution >= 0.6 is 0 Å². The molecule has 0 atom stereocenters. The van der Waals surface area contributed by atoms with Gasteiger partial charge in [-0.05, 0) is 35.9 Å². The molecule has 4 aromatic rings. The van der Waals surface area contributed by atoms with Gasteiger partial charge in [-0.25, -0.2) is 17.9 Å². The van der Waals surface area contributed by atoms with Crippen LogP contribution in [-0.2, 0) is 22.7 Å². The molecule has 186 valence electrons. The maximum Gasteiger partial charge on any atom is 0.418 e. The lowest BCUT2D eigenvalue weighted by atomic mass is 9.98. The first kappa shape index (κ1) is 25.3. The Labute approximate surface area is 205 Å². The average molecular weight is 517 g/mol. The number of benzene rings is 3. The van der Waals surface area contributed by atoms with Crippen LogP contribution in [-0.4, -0.2) is 25.4 Å². The summed E-state index contributed by atoms with van der Waals surface area (Å²) in [6, 6.07) is 16.1. The molecule has 0 aliphatic carbocycles. The fourth-order valence-electron chi connectivity index (χ4n) is 3.83. The zero-order valence-corrected chi connectivity index (χ0v) is 19.7. The maximum absolute atomic E-state index is 14.0. The predicted octanol–water partition coefficient (Wildman–Crippen LogP) is 5.25. The molecule has 6 nitrogen and oxygen atoms in total. The van der Waals surface area contributed by atoms with Gasteiger partial charge in [0.05, 0.1) is 21.8 Å². The minimum absolute atomic E-state index is 0.133. The van der Waals surface area contributed by atoms with Crippen molar-refractivity contribution >= 4 is 15.7 Å². The lowest BCUT2D eigenvalue weighted by Crippen LogP contribution is -2.20. The Kier molecular flexibility index (Phi) is 6.79. The van der Waals surface area contributed by atoms with E-state index in [0.29, 0.717) is 12.1 Å². The van der Waals surface area contributed by atoms with Crippen molar-refractivity contribution in [1.82, 2.24) is 9.97 Å². The number of alkyl halides is 3. The highest BCUT2D eigenvalue weighted by Gasteiger charge is 2.40. The van der Waals surface area contributed by atoms with Gasteiger partial charge in [0.15, 0.2) is 0 Å². The molecule has 36 heavy (non-hydrogen) atoms. The number of anilines is 1. The van der Waals surface area contributed by atoms with E-state index < -0.39 is 32.2 Å². The van der Waals surface area contributed by atoms with E-state index in [0.717, 1.165) is 23.4 Å². The Balaban J connectivity index is 1.73. The number of halogens is 4. The van der Waals surface area contributed by atoms with Gasteiger partial charge in [0, 0.05) is 42.8 Å². The van der Waals surface area contributed by atoms with Gasteiger partial charge in [-0.2, -0.15) is 13.2 Å². The minimum atomic E-state index is -5.01. The smallest absolute Gasteiger partial charge is 0.370 e. The van der Waals surface area contributed by atoms with Crippen molar-refractivity contribution in [3.8, 4) is 22.5 Å². The number of nitrogens with zero attached hydrogens (tertiary/aromatic N) is 3. The van der Waals surface area contributed by atoms with Crippen molar-refractivity contribution in [3.63, 3.8) is 0 Å². The number of rotatable bonds is 6. The summed E-state index contributed by atoms with van der Waals surface area (Å²) in [6.07, 6.45) is -2.44. The van der Waals surface area contributed by atoms with Crippen LogP contribution in [0.4, 0.5) is 23.2 Å². The molecular formula is C25H20F4N4O2S. The van der Waals surface area contributed by atoms with Gasteiger partial charge in [0.25, 0.3) is 0 Å². The lowest BCUT2D eigenvalue weighted by molar-refractivity contribution is -0.139. The molecule has 0 aliphatic heterocycles. The molecule has 0 amide bonds. The molecule has 3 aromatic carbocycles. The van der Waals surface area contributed by atoms with Crippen LogP contribution in [0.2, 0.25) is 0 Å². The van der Waals surface area contributed by atoms with Crippen molar-refractivity contribution in [3.05, 3.63) is 96.1 Å². The van der Waals surface area contributed by atoms with Gasteiger partial charge in [-0.3, -0.25) is 9.97 Å². The van der Waals surface area contributed by atoms with Crippen LogP contribution in [0.5, 0.6) is 0 Å². The molecule has 0 saturated heterocycles. The molecule has 0 aliphatic rings. The van der Waals surface area contributed by atoms with Gasteiger partial charge >= 0.3 is 6.18 Å². The zero-order chi connectivity index (χ0) is 26.1. The van der Waals surface area contributed by atoms with Crippen molar-refractivity contribution in [1.29, 1.82) is 0 Å². The monoisotopic (exact) mass is 516 g/mol. The number of aromatic nitrogens is 2. The van der Waals surface area contributed by atoms with Crippen molar-refractivity contribution in [2.24, 2.45) is 5.14 Å². The highest BCUT2D eigenvalue weighted by molar-refractivity contribution is 7.89. The molecule has 1 heterocycles. The third-order valence-electron chi connectivity index (χ3n) is 5.48. The molecule has 0 bridgehead atoms. The van der Waals surface area contributed by atoms with Gasteiger partial charge in [-0.1, -0.05) is 36.4 Å². The van der Waals surface area contributed by atoms with E-state index >= 15 is 0 Å². The Morgan fingerprint density at radius 2 is 1.50 bits per heavy atom. The van der Waals surface area contributed by atoms with E-state index in [9.17, 15) is 26.0 Å². The molecule has 0 spiro atoms. The second-order valence-corrected chi connectivity index (χ2v) is 9.53. The summed E-state index contributed by atoms with van der Waals surface area (Å²) in [6.45, 7) is 0.494. The quantitative estimate of drug-likeness (QED) is 0.354. The number of nitrogens with two attached hydrogens (primary N) is 1. The second kappa shape index (κ2) is 9.67. The highest BCUT2D eigenvalue weighted by atomic mass is 32.2. The van der Waals surface area contributed by atoms with Crippen LogP contribution in [0, 0.1) is 5.82 Å². The van der Waals surface area contributed by atoms with E-state index in [-0.39, 0.29) is 17.2 Å². The van der Waals surface area contributed by atoms with E-state index in [2.05, 4.69) is 9.97 Å². The fourth-order valence-corrected chi connectivity index (χ4v) is 4.61. The summed E-state index contributed by atoms with van der Waals surface area (Å²) >= 11 is 0. The largest absolute Gasteiger partial charge is 0.418 e. The molecule has 0 unspecified atom stereocenters. The van der Waals surface area contributed by atoms with Crippen molar-refractivity contribution < 1.29 is 26.0 Å². The summed E-state index contributed by atoms with van der Waals surface area (Å²) in [5, 5.41) is 5.07. The van der Waals surface area contributed by atoms with Gasteiger partial charge < -0.3 is 4.90 Å². The van der Waals surface area contributed by atoms with Crippen LogP contribution in [0.3, 0.4) is 0 Å². The number of hydrogen-bond donors (Lipinski definition) is 1. The van der Waals surface area contributed by atoms with E-state index in [4.69, 9.17) is 5.14 Å². The normalized spacial score (nSPS) is 11.9.